The highest BCUT2D eigenvalue weighted by Crippen LogP contribution is 2.22. The highest BCUT2D eigenvalue weighted by atomic mass is 32.2. The Morgan fingerprint density at radius 1 is 1.10 bits per heavy atom. The number of nitrogens with zero attached hydrogens (tertiary/aromatic N) is 2. The number of benzene rings is 2. The Balaban J connectivity index is 1.39. The lowest BCUT2D eigenvalue weighted by Crippen LogP contribution is -2.62. The standard InChI is InChI=1S/C20H20N4O5S/c1-13-3-2-4-17(9-13)30(28,29)22-15-7-5-14(6-8-15)19(26)23-11-16(12-23)24-18(25)10-21-20(24)27/h2-9,16,22H,10-12H2,1H3,(H,21,27). The van der Waals surface area contributed by atoms with Crippen LogP contribution in [-0.2, 0) is 14.8 Å². The molecule has 0 unspecified atom stereocenters. The number of aryl methyl sites for hydroxylation is 1. The highest BCUT2D eigenvalue weighted by Gasteiger charge is 2.43. The van der Waals surface area contributed by atoms with Gasteiger partial charge in [0, 0.05) is 24.3 Å². The van der Waals surface area contributed by atoms with Crippen molar-refractivity contribution in [1.29, 1.82) is 0 Å². The Kier molecular flexibility index (Phi) is 4.94. The minimum Gasteiger partial charge on any atom is -0.334 e. The first-order chi connectivity index (χ1) is 14.2. The minimum atomic E-state index is -3.73. The number of hydrogen-bond acceptors (Lipinski definition) is 5. The van der Waals surface area contributed by atoms with Crippen LogP contribution in [0.25, 0.3) is 0 Å². The second kappa shape index (κ2) is 7.45. The number of carbonyl (C=O) groups excluding carboxylic acids is 3. The van der Waals surface area contributed by atoms with Gasteiger partial charge in [-0.3, -0.25) is 19.2 Å². The molecule has 0 bridgehead atoms. The predicted octanol–water partition coefficient (Wildman–Crippen LogP) is 1.17. The third-order valence-corrected chi connectivity index (χ3v) is 6.46. The molecule has 2 heterocycles. The van der Waals surface area contributed by atoms with Gasteiger partial charge >= 0.3 is 6.03 Å². The van der Waals surface area contributed by atoms with Gasteiger partial charge in [-0.1, -0.05) is 12.1 Å². The molecule has 156 valence electrons. The van der Waals surface area contributed by atoms with Gasteiger partial charge in [-0.25, -0.2) is 13.2 Å². The summed E-state index contributed by atoms with van der Waals surface area (Å²) in [6, 6.07) is 12.0. The lowest BCUT2D eigenvalue weighted by atomic mass is 10.0. The Bertz CT molecular complexity index is 1110. The largest absolute Gasteiger partial charge is 0.334 e. The van der Waals surface area contributed by atoms with E-state index in [1.165, 1.54) is 35.2 Å². The van der Waals surface area contributed by atoms with Crippen LogP contribution in [0.2, 0.25) is 0 Å². The highest BCUT2D eigenvalue weighted by molar-refractivity contribution is 7.92. The fourth-order valence-electron chi connectivity index (χ4n) is 3.45. The molecule has 4 amide bonds. The summed E-state index contributed by atoms with van der Waals surface area (Å²) in [5.74, 6) is -0.534. The number of imide groups is 1. The molecule has 2 aromatic rings. The Labute approximate surface area is 173 Å². The van der Waals surface area contributed by atoms with E-state index in [1.807, 2.05) is 13.0 Å². The van der Waals surface area contributed by atoms with Crippen molar-refractivity contribution in [3.8, 4) is 0 Å². The number of urea groups is 1. The molecule has 0 atom stereocenters. The van der Waals surface area contributed by atoms with Gasteiger partial charge in [-0.2, -0.15) is 0 Å². The number of hydrogen-bond donors (Lipinski definition) is 2. The third kappa shape index (κ3) is 3.73. The second-order valence-electron chi connectivity index (χ2n) is 7.29. The molecule has 0 spiro atoms. The molecule has 0 saturated carbocycles. The molecule has 30 heavy (non-hydrogen) atoms. The smallest absolute Gasteiger partial charge is 0.324 e. The number of sulfonamides is 1. The van der Waals surface area contributed by atoms with Crippen LogP contribution < -0.4 is 10.0 Å². The first-order valence-electron chi connectivity index (χ1n) is 9.33. The number of amides is 4. The quantitative estimate of drug-likeness (QED) is 0.694. The molecule has 9 nitrogen and oxygen atoms in total. The van der Waals surface area contributed by atoms with Gasteiger partial charge in [0.25, 0.3) is 15.9 Å². The van der Waals surface area contributed by atoms with Gasteiger partial charge < -0.3 is 10.2 Å². The van der Waals surface area contributed by atoms with Crippen LogP contribution in [-0.4, -0.2) is 61.7 Å². The van der Waals surface area contributed by atoms with Gasteiger partial charge in [0.2, 0.25) is 5.91 Å². The van der Waals surface area contributed by atoms with Crippen molar-refractivity contribution >= 4 is 33.6 Å². The van der Waals surface area contributed by atoms with E-state index in [4.69, 9.17) is 0 Å². The SMILES string of the molecule is Cc1cccc(S(=O)(=O)Nc2ccc(C(=O)N3CC(N4C(=O)CNC4=O)C3)cc2)c1. The van der Waals surface area contributed by atoms with E-state index in [9.17, 15) is 22.8 Å². The summed E-state index contributed by atoms with van der Waals surface area (Å²) in [6.45, 7) is 2.36. The predicted molar refractivity (Wildman–Crippen MR) is 108 cm³/mol. The summed E-state index contributed by atoms with van der Waals surface area (Å²) in [6.07, 6.45) is 0. The average molecular weight is 428 g/mol. The van der Waals surface area contributed by atoms with Crippen molar-refractivity contribution in [1.82, 2.24) is 15.1 Å². The molecular weight excluding hydrogens is 408 g/mol. The zero-order valence-corrected chi connectivity index (χ0v) is 17.0. The molecule has 2 aliphatic heterocycles. The summed E-state index contributed by atoms with van der Waals surface area (Å²) in [5.41, 5.74) is 1.57. The maximum Gasteiger partial charge on any atom is 0.324 e. The van der Waals surface area contributed by atoms with Gasteiger partial charge in [-0.15, -0.1) is 0 Å². The normalized spacial score (nSPS) is 17.0. The monoisotopic (exact) mass is 428 g/mol. The first-order valence-corrected chi connectivity index (χ1v) is 10.8. The van der Waals surface area contributed by atoms with Gasteiger partial charge in [-0.05, 0) is 48.9 Å². The zero-order valence-electron chi connectivity index (χ0n) is 16.2. The molecule has 0 aromatic heterocycles. The molecule has 2 saturated heterocycles. The van der Waals surface area contributed by atoms with Crippen molar-refractivity contribution in [2.45, 2.75) is 17.9 Å². The van der Waals surface area contributed by atoms with Gasteiger partial charge in [0.05, 0.1) is 17.5 Å². The van der Waals surface area contributed by atoms with Crippen LogP contribution in [0.1, 0.15) is 15.9 Å². The average Bonchev–Trinajstić information content (AvgIpc) is 3.00. The third-order valence-electron chi connectivity index (χ3n) is 5.08. The zero-order chi connectivity index (χ0) is 21.5. The molecule has 10 heteroatoms. The van der Waals surface area contributed by atoms with E-state index in [1.54, 1.807) is 12.1 Å². The second-order valence-corrected chi connectivity index (χ2v) is 8.97. The number of rotatable bonds is 5. The fourth-order valence-corrected chi connectivity index (χ4v) is 4.61. The molecule has 2 N–H and O–H groups in total. The Hall–Kier alpha value is -3.40. The van der Waals surface area contributed by atoms with Crippen LogP contribution >= 0.6 is 0 Å². The van der Waals surface area contributed by atoms with E-state index in [2.05, 4.69) is 10.0 Å². The summed E-state index contributed by atoms with van der Waals surface area (Å²) in [5, 5.41) is 2.46. The Morgan fingerprint density at radius 3 is 2.40 bits per heavy atom. The van der Waals surface area contributed by atoms with Crippen molar-refractivity contribution < 1.29 is 22.8 Å². The van der Waals surface area contributed by atoms with E-state index < -0.39 is 16.1 Å². The Morgan fingerprint density at radius 2 is 1.80 bits per heavy atom. The van der Waals surface area contributed by atoms with E-state index in [-0.39, 0.29) is 42.4 Å². The van der Waals surface area contributed by atoms with Crippen LogP contribution in [0.5, 0.6) is 0 Å². The van der Waals surface area contributed by atoms with E-state index in [0.29, 0.717) is 11.3 Å². The van der Waals surface area contributed by atoms with Crippen LogP contribution in [0.4, 0.5) is 10.5 Å². The molecule has 2 aromatic carbocycles. The summed E-state index contributed by atoms with van der Waals surface area (Å²) in [7, 11) is -3.73. The number of carbonyl (C=O) groups is 3. The number of anilines is 1. The molecule has 0 aliphatic carbocycles. The first kappa shape index (κ1) is 19.9. The lowest BCUT2D eigenvalue weighted by Gasteiger charge is -2.42. The molecule has 2 fully saturated rings. The lowest BCUT2D eigenvalue weighted by molar-refractivity contribution is -0.128. The maximum atomic E-state index is 12.6. The van der Waals surface area contributed by atoms with Crippen molar-refractivity contribution in [3.05, 3.63) is 59.7 Å². The van der Waals surface area contributed by atoms with E-state index >= 15 is 0 Å². The number of nitrogens with one attached hydrogen (secondary N) is 2. The molecule has 0 radical (unpaired) electrons. The van der Waals surface area contributed by atoms with Crippen LogP contribution in [0, 0.1) is 6.92 Å². The van der Waals surface area contributed by atoms with Crippen molar-refractivity contribution in [3.63, 3.8) is 0 Å². The van der Waals surface area contributed by atoms with Crippen LogP contribution in [0.3, 0.4) is 0 Å². The number of likely N-dealkylation sites (tertiary alicyclic amines) is 1. The topological polar surface area (TPSA) is 116 Å². The fraction of sp³-hybridized carbons (Fsp3) is 0.250. The maximum absolute atomic E-state index is 12.6. The summed E-state index contributed by atoms with van der Waals surface area (Å²) in [4.78, 5) is 38.8. The molecule has 4 rings (SSSR count). The summed E-state index contributed by atoms with van der Waals surface area (Å²) < 4.78 is 27.5. The minimum absolute atomic E-state index is 0.0107. The van der Waals surface area contributed by atoms with Crippen molar-refractivity contribution in [2.75, 3.05) is 24.4 Å². The summed E-state index contributed by atoms with van der Waals surface area (Å²) >= 11 is 0. The molecule has 2 aliphatic rings. The van der Waals surface area contributed by atoms with Crippen molar-refractivity contribution in [2.24, 2.45) is 0 Å². The molecular formula is C20H20N4O5S. The van der Waals surface area contributed by atoms with Crippen LogP contribution in [0.15, 0.2) is 53.4 Å². The van der Waals surface area contributed by atoms with Gasteiger partial charge in [0.15, 0.2) is 0 Å². The van der Waals surface area contributed by atoms with E-state index in [0.717, 1.165) is 10.5 Å². The van der Waals surface area contributed by atoms with Gasteiger partial charge in [0.1, 0.15) is 0 Å².